The SMILES string of the molecule is O=C(/C=C(\NCCO)C(F)(F)F)c1cc([N+](=O)[O-])ccc1O. The number of non-ortho nitro benzene ring substituents is 1. The first-order valence-corrected chi connectivity index (χ1v) is 5.82. The molecule has 0 heterocycles. The number of phenolic OH excluding ortho intramolecular Hbond substituents is 1. The van der Waals surface area contributed by atoms with E-state index in [4.69, 9.17) is 5.11 Å². The number of nitro groups is 1. The Morgan fingerprint density at radius 1 is 1.41 bits per heavy atom. The number of alkyl halides is 3. The highest BCUT2D eigenvalue weighted by Crippen LogP contribution is 2.27. The van der Waals surface area contributed by atoms with Crippen molar-refractivity contribution in [1.29, 1.82) is 0 Å². The number of nitrogens with one attached hydrogen (secondary N) is 1. The molecule has 1 rings (SSSR count). The predicted molar refractivity (Wildman–Crippen MR) is 68.3 cm³/mol. The first-order chi connectivity index (χ1) is 10.2. The number of aromatic hydroxyl groups is 1. The van der Waals surface area contributed by atoms with Gasteiger partial charge < -0.3 is 15.5 Å². The predicted octanol–water partition coefficient (Wildman–Crippen LogP) is 1.51. The number of carbonyl (C=O) groups excluding carboxylic acids is 1. The minimum atomic E-state index is -4.89. The maximum atomic E-state index is 12.7. The van der Waals surface area contributed by atoms with Crippen molar-refractivity contribution in [3.8, 4) is 5.75 Å². The molecular formula is C12H11F3N2O5. The highest BCUT2D eigenvalue weighted by atomic mass is 19.4. The number of benzene rings is 1. The van der Waals surface area contributed by atoms with Crippen molar-refractivity contribution in [2.45, 2.75) is 6.18 Å². The zero-order chi connectivity index (χ0) is 16.9. The van der Waals surface area contributed by atoms with Crippen LogP contribution in [0.4, 0.5) is 18.9 Å². The molecule has 7 nitrogen and oxygen atoms in total. The molecule has 0 aliphatic heterocycles. The summed E-state index contributed by atoms with van der Waals surface area (Å²) < 4.78 is 38.1. The number of phenols is 1. The molecule has 3 N–H and O–H groups in total. The van der Waals surface area contributed by atoms with Crippen LogP contribution in [0.25, 0.3) is 0 Å². The van der Waals surface area contributed by atoms with Crippen molar-refractivity contribution in [2.75, 3.05) is 13.2 Å². The first-order valence-electron chi connectivity index (χ1n) is 5.82. The van der Waals surface area contributed by atoms with Crippen molar-refractivity contribution in [2.24, 2.45) is 0 Å². The van der Waals surface area contributed by atoms with Crippen LogP contribution in [0.3, 0.4) is 0 Å². The standard InChI is InChI=1S/C12H11F3N2O5/c13-12(14,15)11(16-3-4-18)6-10(20)8-5-7(17(21)22)1-2-9(8)19/h1-2,5-6,16,18-19H,3-4H2/b11-6-. The van der Waals surface area contributed by atoms with Crippen LogP contribution in [0.15, 0.2) is 30.0 Å². The molecule has 0 fully saturated rings. The van der Waals surface area contributed by atoms with Gasteiger partial charge in [0.05, 0.1) is 17.1 Å². The van der Waals surface area contributed by atoms with Crippen molar-refractivity contribution in [3.05, 3.63) is 45.6 Å². The number of rotatable bonds is 6. The van der Waals surface area contributed by atoms with Crippen LogP contribution in [0.2, 0.25) is 0 Å². The molecule has 0 atom stereocenters. The normalized spacial score (nSPS) is 12.1. The number of halogens is 3. The molecular weight excluding hydrogens is 309 g/mol. The lowest BCUT2D eigenvalue weighted by Crippen LogP contribution is -2.29. The highest BCUT2D eigenvalue weighted by molar-refractivity contribution is 6.07. The smallest absolute Gasteiger partial charge is 0.431 e. The van der Waals surface area contributed by atoms with E-state index in [0.717, 1.165) is 12.1 Å². The van der Waals surface area contributed by atoms with Gasteiger partial charge in [-0.1, -0.05) is 0 Å². The van der Waals surface area contributed by atoms with Gasteiger partial charge in [0.2, 0.25) is 0 Å². The summed E-state index contributed by atoms with van der Waals surface area (Å²) in [6.07, 6.45) is -4.73. The summed E-state index contributed by atoms with van der Waals surface area (Å²) in [5.74, 6) is -1.95. The lowest BCUT2D eigenvalue weighted by Gasteiger charge is -2.13. The Labute approximate surface area is 121 Å². The third kappa shape index (κ3) is 4.45. The molecule has 1 aromatic carbocycles. The van der Waals surface area contributed by atoms with E-state index >= 15 is 0 Å². The fraction of sp³-hybridized carbons (Fsp3) is 0.250. The van der Waals surface area contributed by atoms with Gasteiger partial charge in [-0.3, -0.25) is 14.9 Å². The Hall–Kier alpha value is -2.62. The van der Waals surface area contributed by atoms with Gasteiger partial charge in [-0.05, 0) is 6.07 Å². The third-order valence-electron chi connectivity index (χ3n) is 2.46. The Balaban J connectivity index is 3.20. The quantitative estimate of drug-likeness (QED) is 0.317. The van der Waals surface area contributed by atoms with Crippen LogP contribution in [-0.2, 0) is 0 Å². The zero-order valence-electron chi connectivity index (χ0n) is 10.9. The van der Waals surface area contributed by atoms with Crippen LogP contribution in [-0.4, -0.2) is 40.2 Å². The number of hydrogen-bond acceptors (Lipinski definition) is 6. The second kappa shape index (κ2) is 6.89. The second-order valence-corrected chi connectivity index (χ2v) is 4.03. The van der Waals surface area contributed by atoms with Crippen molar-refractivity contribution in [3.63, 3.8) is 0 Å². The molecule has 0 saturated heterocycles. The Bertz CT molecular complexity index is 613. The van der Waals surface area contributed by atoms with E-state index in [1.54, 1.807) is 0 Å². The Kier molecular flexibility index (Phi) is 5.46. The van der Waals surface area contributed by atoms with E-state index in [2.05, 4.69) is 0 Å². The molecule has 0 bridgehead atoms. The van der Waals surface area contributed by atoms with Gasteiger partial charge in [-0.2, -0.15) is 13.2 Å². The van der Waals surface area contributed by atoms with E-state index in [-0.39, 0.29) is 6.08 Å². The Morgan fingerprint density at radius 3 is 2.55 bits per heavy atom. The molecule has 0 aromatic heterocycles. The van der Waals surface area contributed by atoms with E-state index < -0.39 is 52.7 Å². The van der Waals surface area contributed by atoms with Crippen LogP contribution in [0.5, 0.6) is 5.75 Å². The fourth-order valence-corrected chi connectivity index (χ4v) is 1.47. The average molecular weight is 320 g/mol. The van der Waals surface area contributed by atoms with E-state index in [1.807, 2.05) is 5.32 Å². The lowest BCUT2D eigenvalue weighted by atomic mass is 10.1. The molecule has 0 amide bonds. The summed E-state index contributed by atoms with van der Waals surface area (Å²) in [5, 5.41) is 30.4. The highest BCUT2D eigenvalue weighted by Gasteiger charge is 2.34. The molecule has 0 unspecified atom stereocenters. The third-order valence-corrected chi connectivity index (χ3v) is 2.46. The van der Waals surface area contributed by atoms with E-state index in [9.17, 15) is 33.2 Å². The second-order valence-electron chi connectivity index (χ2n) is 4.03. The molecule has 10 heteroatoms. The summed E-state index contributed by atoms with van der Waals surface area (Å²) in [6.45, 7) is -1.04. The lowest BCUT2D eigenvalue weighted by molar-refractivity contribution is -0.384. The molecule has 0 saturated carbocycles. The Morgan fingerprint density at radius 2 is 2.05 bits per heavy atom. The number of nitro benzene ring substituents is 1. The molecule has 0 aliphatic carbocycles. The van der Waals surface area contributed by atoms with Gasteiger partial charge in [0, 0.05) is 24.8 Å². The van der Waals surface area contributed by atoms with Gasteiger partial charge in [-0.15, -0.1) is 0 Å². The molecule has 0 spiro atoms. The van der Waals surface area contributed by atoms with E-state index in [1.165, 1.54) is 0 Å². The van der Waals surface area contributed by atoms with Gasteiger partial charge in [0.25, 0.3) is 5.69 Å². The van der Waals surface area contributed by atoms with Gasteiger partial charge in [-0.25, -0.2) is 0 Å². The number of ketones is 1. The summed E-state index contributed by atoms with van der Waals surface area (Å²) in [6, 6.07) is 2.42. The van der Waals surface area contributed by atoms with Crippen LogP contribution >= 0.6 is 0 Å². The number of aliphatic hydroxyl groups is 1. The topological polar surface area (TPSA) is 113 Å². The summed E-state index contributed by atoms with van der Waals surface area (Å²) >= 11 is 0. The van der Waals surface area contributed by atoms with Crippen molar-refractivity contribution in [1.82, 2.24) is 5.32 Å². The minimum absolute atomic E-state index is 0.161. The summed E-state index contributed by atoms with van der Waals surface area (Å²) in [4.78, 5) is 21.5. The molecule has 120 valence electrons. The van der Waals surface area contributed by atoms with Gasteiger partial charge in [0.1, 0.15) is 11.4 Å². The van der Waals surface area contributed by atoms with Crippen molar-refractivity contribution < 1.29 is 33.1 Å². The summed E-state index contributed by atoms with van der Waals surface area (Å²) in [5.41, 5.74) is -2.62. The first kappa shape index (κ1) is 17.4. The molecule has 1 aromatic rings. The molecule has 22 heavy (non-hydrogen) atoms. The summed E-state index contributed by atoms with van der Waals surface area (Å²) in [7, 11) is 0. The van der Waals surface area contributed by atoms with Gasteiger partial charge in [0.15, 0.2) is 5.78 Å². The minimum Gasteiger partial charge on any atom is -0.507 e. The number of nitrogens with zero attached hydrogens (tertiary/aromatic N) is 1. The van der Waals surface area contributed by atoms with Crippen molar-refractivity contribution >= 4 is 11.5 Å². The van der Waals surface area contributed by atoms with Crippen LogP contribution in [0, 0.1) is 10.1 Å². The zero-order valence-corrected chi connectivity index (χ0v) is 10.9. The van der Waals surface area contributed by atoms with Gasteiger partial charge >= 0.3 is 6.18 Å². The van der Waals surface area contributed by atoms with E-state index in [0.29, 0.717) is 6.07 Å². The maximum Gasteiger partial charge on any atom is 0.431 e. The number of allylic oxidation sites excluding steroid dienone is 2. The number of carbonyl (C=O) groups is 1. The largest absolute Gasteiger partial charge is 0.507 e. The number of aliphatic hydroxyl groups excluding tert-OH is 1. The number of hydrogen-bond donors (Lipinski definition) is 3. The monoisotopic (exact) mass is 320 g/mol. The van der Waals surface area contributed by atoms with Crippen LogP contribution < -0.4 is 5.32 Å². The van der Waals surface area contributed by atoms with Crippen LogP contribution in [0.1, 0.15) is 10.4 Å². The maximum absolute atomic E-state index is 12.7. The molecule has 0 aliphatic rings. The fourth-order valence-electron chi connectivity index (χ4n) is 1.47. The average Bonchev–Trinajstić information content (AvgIpc) is 2.42. The molecule has 0 radical (unpaired) electrons.